The zero-order valence-corrected chi connectivity index (χ0v) is 11.4. The van der Waals surface area contributed by atoms with E-state index >= 15 is 0 Å². The number of nitrogens with zero attached hydrogens (tertiary/aromatic N) is 2. The minimum absolute atomic E-state index is 0.281. The van der Waals surface area contributed by atoms with E-state index in [-0.39, 0.29) is 5.82 Å². The minimum atomic E-state index is -0.281. The maximum atomic E-state index is 12.9. The third-order valence-corrected chi connectivity index (χ3v) is 2.95. The quantitative estimate of drug-likeness (QED) is 0.731. The summed E-state index contributed by atoms with van der Waals surface area (Å²) in [4.78, 5) is 0. The van der Waals surface area contributed by atoms with E-state index in [0.29, 0.717) is 17.2 Å². The normalized spacial score (nSPS) is 10.4. The first-order valence-electron chi connectivity index (χ1n) is 6.38. The largest absolute Gasteiger partial charge is 0.493 e. The molecule has 0 atom stereocenters. The van der Waals surface area contributed by atoms with Gasteiger partial charge in [0.1, 0.15) is 5.82 Å². The first kappa shape index (κ1) is 13.2. The van der Waals surface area contributed by atoms with Crippen LogP contribution in [0.5, 0.6) is 17.2 Å². The maximum Gasteiger partial charge on any atom is 0.169 e. The molecule has 3 aromatic rings. The Labute approximate surface area is 121 Å². The van der Waals surface area contributed by atoms with Crippen molar-refractivity contribution in [1.82, 2.24) is 9.78 Å². The Bertz CT molecular complexity index is 738. The summed E-state index contributed by atoms with van der Waals surface area (Å²) in [6.45, 7) is 0. The molecular formula is C16H13FN2O2. The number of rotatable bonds is 4. The summed E-state index contributed by atoms with van der Waals surface area (Å²) in [6.07, 6.45) is 3.31. The molecule has 0 saturated heterocycles. The van der Waals surface area contributed by atoms with Crippen LogP contribution in [0.2, 0.25) is 0 Å². The van der Waals surface area contributed by atoms with Crippen LogP contribution in [0.25, 0.3) is 5.69 Å². The van der Waals surface area contributed by atoms with Crippen molar-refractivity contribution in [2.75, 3.05) is 7.11 Å². The molecule has 1 heterocycles. The van der Waals surface area contributed by atoms with E-state index in [1.807, 2.05) is 24.3 Å². The van der Waals surface area contributed by atoms with Crippen LogP contribution < -0.4 is 9.47 Å². The van der Waals surface area contributed by atoms with Crippen molar-refractivity contribution >= 4 is 0 Å². The number of halogens is 1. The van der Waals surface area contributed by atoms with Crippen LogP contribution >= 0.6 is 0 Å². The van der Waals surface area contributed by atoms with Gasteiger partial charge in [-0.05, 0) is 36.4 Å². The van der Waals surface area contributed by atoms with Crippen molar-refractivity contribution in [3.63, 3.8) is 0 Å². The Morgan fingerprint density at radius 3 is 2.43 bits per heavy atom. The highest BCUT2D eigenvalue weighted by Gasteiger charge is 2.07. The maximum absolute atomic E-state index is 12.9. The Balaban J connectivity index is 1.83. The highest BCUT2D eigenvalue weighted by molar-refractivity contribution is 5.42. The van der Waals surface area contributed by atoms with Crippen molar-refractivity contribution in [2.45, 2.75) is 0 Å². The summed E-state index contributed by atoms with van der Waals surface area (Å²) in [7, 11) is 1.59. The summed E-state index contributed by atoms with van der Waals surface area (Å²) < 4.78 is 25.5. The molecule has 0 aliphatic carbocycles. The lowest BCUT2D eigenvalue weighted by Gasteiger charge is -2.07. The highest BCUT2D eigenvalue weighted by atomic mass is 19.1. The summed E-state index contributed by atoms with van der Waals surface area (Å²) in [5, 5.41) is 4.20. The van der Waals surface area contributed by atoms with E-state index in [9.17, 15) is 4.39 Å². The van der Waals surface area contributed by atoms with Gasteiger partial charge in [0.2, 0.25) is 0 Å². The number of benzene rings is 2. The number of aromatic nitrogens is 2. The topological polar surface area (TPSA) is 36.3 Å². The second kappa shape index (κ2) is 5.66. The zero-order chi connectivity index (χ0) is 14.7. The molecule has 0 unspecified atom stereocenters. The average Bonchev–Trinajstić information content (AvgIpc) is 2.97. The molecular weight excluding hydrogens is 271 g/mol. The Kier molecular flexibility index (Phi) is 3.55. The predicted octanol–water partition coefficient (Wildman–Crippen LogP) is 3.81. The molecule has 2 aromatic carbocycles. The van der Waals surface area contributed by atoms with Crippen molar-refractivity contribution in [2.24, 2.45) is 0 Å². The van der Waals surface area contributed by atoms with Crippen molar-refractivity contribution in [1.29, 1.82) is 0 Å². The number of hydrogen-bond acceptors (Lipinski definition) is 3. The van der Waals surface area contributed by atoms with E-state index in [2.05, 4.69) is 5.10 Å². The van der Waals surface area contributed by atoms with Crippen molar-refractivity contribution < 1.29 is 13.9 Å². The fourth-order valence-corrected chi connectivity index (χ4v) is 1.92. The molecule has 0 amide bonds. The molecule has 21 heavy (non-hydrogen) atoms. The molecule has 106 valence electrons. The predicted molar refractivity (Wildman–Crippen MR) is 76.6 cm³/mol. The summed E-state index contributed by atoms with van der Waals surface area (Å²) in [5.41, 5.74) is 0.756. The third-order valence-electron chi connectivity index (χ3n) is 2.95. The molecule has 0 bridgehead atoms. The summed E-state index contributed by atoms with van der Waals surface area (Å²) >= 11 is 0. The van der Waals surface area contributed by atoms with Gasteiger partial charge in [0.05, 0.1) is 25.2 Å². The zero-order valence-electron chi connectivity index (χ0n) is 11.4. The van der Waals surface area contributed by atoms with Gasteiger partial charge in [-0.25, -0.2) is 9.07 Å². The van der Waals surface area contributed by atoms with E-state index in [1.54, 1.807) is 36.3 Å². The average molecular weight is 284 g/mol. The molecule has 0 N–H and O–H groups in total. The van der Waals surface area contributed by atoms with E-state index in [1.165, 1.54) is 12.1 Å². The third kappa shape index (κ3) is 2.86. The first-order chi connectivity index (χ1) is 10.3. The van der Waals surface area contributed by atoms with Crippen LogP contribution in [0.1, 0.15) is 0 Å². The lowest BCUT2D eigenvalue weighted by atomic mass is 10.3. The van der Waals surface area contributed by atoms with Gasteiger partial charge in [-0.1, -0.05) is 12.1 Å². The summed E-state index contributed by atoms with van der Waals surface area (Å²) in [6, 6.07) is 13.4. The van der Waals surface area contributed by atoms with Crippen LogP contribution in [0.4, 0.5) is 4.39 Å². The lowest BCUT2D eigenvalue weighted by molar-refractivity contribution is 0.379. The molecule has 0 saturated carbocycles. The highest BCUT2D eigenvalue weighted by Crippen LogP contribution is 2.30. The fraction of sp³-hybridized carbons (Fsp3) is 0.0625. The molecule has 4 nitrogen and oxygen atoms in total. The Morgan fingerprint density at radius 1 is 1.00 bits per heavy atom. The van der Waals surface area contributed by atoms with Gasteiger partial charge in [0, 0.05) is 0 Å². The summed E-state index contributed by atoms with van der Waals surface area (Å²) in [5.74, 6) is 1.55. The lowest BCUT2D eigenvalue weighted by Crippen LogP contribution is -1.93. The fourth-order valence-electron chi connectivity index (χ4n) is 1.92. The van der Waals surface area contributed by atoms with Crippen LogP contribution in [0.3, 0.4) is 0 Å². The second-order valence-electron chi connectivity index (χ2n) is 4.35. The molecule has 0 fully saturated rings. The van der Waals surface area contributed by atoms with Gasteiger partial charge in [0.25, 0.3) is 0 Å². The van der Waals surface area contributed by atoms with Gasteiger partial charge in [-0.15, -0.1) is 0 Å². The van der Waals surface area contributed by atoms with Crippen LogP contribution in [-0.4, -0.2) is 16.9 Å². The number of para-hydroxylation sites is 2. The second-order valence-corrected chi connectivity index (χ2v) is 4.35. The molecule has 0 spiro atoms. The SMILES string of the molecule is COc1ccccc1Oc1cnn(-c2ccc(F)cc2)c1. The number of ether oxygens (including phenoxy) is 2. The van der Waals surface area contributed by atoms with Gasteiger partial charge >= 0.3 is 0 Å². The van der Waals surface area contributed by atoms with Gasteiger partial charge in [-0.3, -0.25) is 0 Å². The monoisotopic (exact) mass is 284 g/mol. The molecule has 5 heteroatoms. The van der Waals surface area contributed by atoms with Gasteiger partial charge in [0.15, 0.2) is 17.2 Å². The molecule has 3 rings (SSSR count). The molecule has 0 aliphatic rings. The van der Waals surface area contributed by atoms with E-state index in [4.69, 9.17) is 9.47 Å². The number of hydrogen-bond donors (Lipinski definition) is 0. The Hall–Kier alpha value is -2.82. The van der Waals surface area contributed by atoms with Crippen LogP contribution in [0.15, 0.2) is 60.9 Å². The molecule has 0 radical (unpaired) electrons. The first-order valence-corrected chi connectivity index (χ1v) is 6.38. The van der Waals surface area contributed by atoms with Crippen LogP contribution in [0, 0.1) is 5.82 Å². The van der Waals surface area contributed by atoms with Crippen LogP contribution in [-0.2, 0) is 0 Å². The van der Waals surface area contributed by atoms with E-state index < -0.39 is 0 Å². The molecule has 0 aliphatic heterocycles. The van der Waals surface area contributed by atoms with Crippen molar-refractivity contribution in [3.05, 3.63) is 66.7 Å². The number of methoxy groups -OCH3 is 1. The minimum Gasteiger partial charge on any atom is -0.493 e. The van der Waals surface area contributed by atoms with E-state index in [0.717, 1.165) is 5.69 Å². The standard InChI is InChI=1S/C16H13FN2O2/c1-20-15-4-2-3-5-16(15)21-14-10-18-19(11-14)13-8-6-12(17)7-9-13/h2-11H,1H3. The van der Waals surface area contributed by atoms with Gasteiger partial charge < -0.3 is 9.47 Å². The van der Waals surface area contributed by atoms with Crippen molar-refractivity contribution in [3.8, 4) is 22.9 Å². The Morgan fingerprint density at radius 2 is 1.71 bits per heavy atom. The van der Waals surface area contributed by atoms with Gasteiger partial charge in [-0.2, -0.15) is 5.10 Å². The smallest absolute Gasteiger partial charge is 0.169 e. The molecule has 1 aromatic heterocycles.